The molecule has 0 saturated heterocycles. The van der Waals surface area contributed by atoms with Crippen LogP contribution in [0.3, 0.4) is 0 Å². The van der Waals surface area contributed by atoms with Crippen molar-refractivity contribution in [1.82, 2.24) is 9.88 Å². The second-order valence-electron chi connectivity index (χ2n) is 10.2. The van der Waals surface area contributed by atoms with Crippen LogP contribution in [0.4, 0.5) is 5.69 Å². The summed E-state index contributed by atoms with van der Waals surface area (Å²) >= 11 is 1.56. The second-order valence-corrected chi connectivity index (χ2v) is 11.1. The SMILES string of the molecule is CCN(C(=O)Cn1c(C(=O)N[C@H]2CC[C@H](C(=O)OC)CC2)cc2sccc21)c1ccccc1CC(C)C. The summed E-state index contributed by atoms with van der Waals surface area (Å²) in [5.74, 6) is -0.0183. The highest BCUT2D eigenvalue weighted by atomic mass is 32.1. The Morgan fingerprint density at radius 2 is 1.86 bits per heavy atom. The van der Waals surface area contributed by atoms with Gasteiger partial charge in [0.15, 0.2) is 0 Å². The number of hydrogen-bond acceptors (Lipinski definition) is 5. The Morgan fingerprint density at radius 3 is 2.54 bits per heavy atom. The first-order valence-electron chi connectivity index (χ1n) is 13.2. The van der Waals surface area contributed by atoms with Crippen LogP contribution in [0.1, 0.15) is 62.5 Å². The maximum Gasteiger partial charge on any atom is 0.308 e. The number of esters is 1. The third-order valence-corrected chi connectivity index (χ3v) is 8.03. The number of rotatable bonds is 9. The average molecular weight is 524 g/mol. The summed E-state index contributed by atoms with van der Waals surface area (Å²) in [5, 5.41) is 5.13. The summed E-state index contributed by atoms with van der Waals surface area (Å²) in [5.41, 5.74) is 3.48. The monoisotopic (exact) mass is 523 g/mol. The first kappa shape index (κ1) is 26.9. The van der Waals surface area contributed by atoms with E-state index >= 15 is 0 Å². The molecule has 2 aromatic heterocycles. The molecule has 1 aromatic carbocycles. The fraction of sp³-hybridized carbons (Fsp3) is 0.483. The first-order chi connectivity index (χ1) is 17.8. The molecule has 37 heavy (non-hydrogen) atoms. The van der Waals surface area contributed by atoms with Gasteiger partial charge >= 0.3 is 5.97 Å². The van der Waals surface area contributed by atoms with Gasteiger partial charge in [-0.15, -0.1) is 11.3 Å². The number of ether oxygens (including phenoxy) is 1. The van der Waals surface area contributed by atoms with Crippen molar-refractivity contribution in [2.45, 2.75) is 65.5 Å². The van der Waals surface area contributed by atoms with E-state index in [1.165, 1.54) is 7.11 Å². The number of anilines is 1. The van der Waals surface area contributed by atoms with Gasteiger partial charge in [-0.1, -0.05) is 32.0 Å². The van der Waals surface area contributed by atoms with Gasteiger partial charge in [0, 0.05) is 18.3 Å². The number of fused-ring (bicyclic) bond motifs is 1. The molecule has 8 heteroatoms. The minimum absolute atomic E-state index is 0.000504. The zero-order valence-electron chi connectivity index (χ0n) is 22.2. The van der Waals surface area contributed by atoms with Crippen molar-refractivity contribution >= 4 is 45.0 Å². The van der Waals surface area contributed by atoms with Crippen molar-refractivity contribution in [3.63, 3.8) is 0 Å². The molecule has 2 heterocycles. The van der Waals surface area contributed by atoms with Crippen LogP contribution in [-0.2, 0) is 27.3 Å². The van der Waals surface area contributed by atoms with Gasteiger partial charge in [-0.2, -0.15) is 0 Å². The molecule has 1 N–H and O–H groups in total. The molecule has 4 rings (SSSR count). The number of benzene rings is 1. The largest absolute Gasteiger partial charge is 0.469 e. The summed E-state index contributed by atoms with van der Waals surface area (Å²) in [6.07, 6.45) is 3.76. The zero-order chi connectivity index (χ0) is 26.5. The lowest BCUT2D eigenvalue weighted by Crippen LogP contribution is -2.40. The molecule has 7 nitrogen and oxygen atoms in total. The summed E-state index contributed by atoms with van der Waals surface area (Å²) in [6, 6.07) is 11.9. The van der Waals surface area contributed by atoms with Crippen LogP contribution in [-0.4, -0.2) is 42.0 Å². The van der Waals surface area contributed by atoms with E-state index in [1.54, 1.807) is 11.3 Å². The molecular weight excluding hydrogens is 486 g/mol. The molecule has 1 aliphatic carbocycles. The third-order valence-electron chi connectivity index (χ3n) is 7.17. The average Bonchev–Trinajstić information content (AvgIpc) is 3.48. The highest BCUT2D eigenvalue weighted by Crippen LogP contribution is 2.29. The minimum atomic E-state index is -0.180. The van der Waals surface area contributed by atoms with E-state index in [1.807, 2.05) is 52.1 Å². The first-order valence-corrected chi connectivity index (χ1v) is 14.0. The summed E-state index contributed by atoms with van der Waals surface area (Å²) in [6.45, 7) is 6.97. The van der Waals surface area contributed by atoms with Gasteiger partial charge in [0.2, 0.25) is 5.91 Å². The van der Waals surface area contributed by atoms with Gasteiger partial charge < -0.3 is 19.5 Å². The summed E-state index contributed by atoms with van der Waals surface area (Å²) < 4.78 is 7.70. The van der Waals surface area contributed by atoms with Gasteiger partial charge in [-0.25, -0.2) is 0 Å². The molecule has 1 fully saturated rings. The van der Waals surface area contributed by atoms with Crippen molar-refractivity contribution in [3.05, 3.63) is 53.0 Å². The Bertz CT molecular complexity index is 1250. The number of likely N-dealkylation sites (N-methyl/N-ethyl adjacent to an activating group) is 1. The smallest absolute Gasteiger partial charge is 0.308 e. The van der Waals surface area contributed by atoms with Gasteiger partial charge in [-0.05, 0) is 74.1 Å². The number of nitrogens with one attached hydrogen (secondary N) is 1. The van der Waals surface area contributed by atoms with Gasteiger partial charge in [-0.3, -0.25) is 14.4 Å². The predicted molar refractivity (Wildman–Crippen MR) is 148 cm³/mol. The number of para-hydroxylation sites is 1. The third kappa shape index (κ3) is 6.06. The van der Waals surface area contributed by atoms with E-state index in [0.717, 1.165) is 40.7 Å². The molecule has 0 aliphatic heterocycles. The molecule has 0 spiro atoms. The highest BCUT2D eigenvalue weighted by Gasteiger charge is 2.29. The lowest BCUT2D eigenvalue weighted by molar-refractivity contribution is -0.146. The van der Waals surface area contributed by atoms with Crippen LogP contribution in [0.2, 0.25) is 0 Å². The van der Waals surface area contributed by atoms with Crippen molar-refractivity contribution in [1.29, 1.82) is 0 Å². The fourth-order valence-electron chi connectivity index (χ4n) is 5.32. The lowest BCUT2D eigenvalue weighted by Gasteiger charge is -2.28. The lowest BCUT2D eigenvalue weighted by atomic mass is 9.86. The Kier molecular flexibility index (Phi) is 8.69. The number of carbonyl (C=O) groups is 3. The number of aromatic nitrogens is 1. The molecule has 1 saturated carbocycles. The topological polar surface area (TPSA) is 80.6 Å². The van der Waals surface area contributed by atoms with E-state index in [9.17, 15) is 14.4 Å². The number of amides is 2. The number of thiophene rings is 1. The van der Waals surface area contributed by atoms with Crippen molar-refractivity contribution in [3.8, 4) is 0 Å². The predicted octanol–water partition coefficient (Wildman–Crippen LogP) is 5.42. The van der Waals surface area contributed by atoms with E-state index < -0.39 is 0 Å². The van der Waals surface area contributed by atoms with Crippen LogP contribution in [0.5, 0.6) is 0 Å². The van der Waals surface area contributed by atoms with Crippen LogP contribution >= 0.6 is 11.3 Å². The van der Waals surface area contributed by atoms with Crippen LogP contribution in [0.25, 0.3) is 10.2 Å². The minimum Gasteiger partial charge on any atom is -0.469 e. The summed E-state index contributed by atoms with van der Waals surface area (Å²) in [4.78, 5) is 40.7. The molecule has 0 unspecified atom stereocenters. The standard InChI is InChI=1S/C29H37N3O4S/c1-5-31(23-9-7-6-8-21(23)16-19(2)3)27(33)18-32-24-14-15-37-26(24)17-25(32)28(34)30-22-12-10-20(11-13-22)29(35)36-4/h6-9,14-15,17,19-20,22H,5,10-13,16,18H2,1-4H3,(H,30,34)/t20-,22-. The number of methoxy groups -OCH3 is 1. The van der Waals surface area contributed by atoms with Crippen LogP contribution in [0.15, 0.2) is 41.8 Å². The van der Waals surface area contributed by atoms with E-state index in [-0.39, 0.29) is 36.3 Å². The summed E-state index contributed by atoms with van der Waals surface area (Å²) in [7, 11) is 1.42. The van der Waals surface area contributed by atoms with E-state index in [4.69, 9.17) is 4.74 Å². The molecule has 198 valence electrons. The van der Waals surface area contributed by atoms with E-state index in [0.29, 0.717) is 31.0 Å². The zero-order valence-corrected chi connectivity index (χ0v) is 23.0. The quantitative estimate of drug-likeness (QED) is 0.380. The van der Waals surface area contributed by atoms with Crippen molar-refractivity contribution in [2.24, 2.45) is 11.8 Å². The van der Waals surface area contributed by atoms with Crippen LogP contribution in [0, 0.1) is 11.8 Å². The fourth-order valence-corrected chi connectivity index (χ4v) is 6.15. The highest BCUT2D eigenvalue weighted by molar-refractivity contribution is 7.17. The van der Waals surface area contributed by atoms with Gasteiger partial charge in [0.05, 0.1) is 23.2 Å². The number of hydrogen-bond donors (Lipinski definition) is 1. The second kappa shape index (κ2) is 11.9. The Hall–Kier alpha value is -3.13. The molecular formula is C29H37N3O4S. The maximum atomic E-state index is 13.7. The Balaban J connectivity index is 1.53. The molecule has 0 atom stereocenters. The molecule has 1 aliphatic rings. The van der Waals surface area contributed by atoms with Gasteiger partial charge in [0.1, 0.15) is 12.2 Å². The molecule has 0 radical (unpaired) electrons. The maximum absolute atomic E-state index is 13.7. The molecule has 0 bridgehead atoms. The number of nitrogens with zero attached hydrogens (tertiary/aromatic N) is 2. The molecule has 2 amide bonds. The Labute approximate surface area is 222 Å². The Morgan fingerprint density at radius 1 is 1.14 bits per heavy atom. The van der Waals surface area contributed by atoms with E-state index in [2.05, 4.69) is 25.2 Å². The number of carbonyl (C=O) groups excluding carboxylic acids is 3. The van der Waals surface area contributed by atoms with Crippen LogP contribution < -0.4 is 10.2 Å². The van der Waals surface area contributed by atoms with Gasteiger partial charge in [0.25, 0.3) is 5.91 Å². The molecule has 3 aromatic rings. The van der Waals surface area contributed by atoms with Crippen molar-refractivity contribution < 1.29 is 19.1 Å². The normalized spacial score (nSPS) is 17.6. The van der Waals surface area contributed by atoms with Crippen molar-refractivity contribution in [2.75, 3.05) is 18.6 Å².